The number of carbonyl (C=O) groups is 2. The van der Waals surface area contributed by atoms with Gasteiger partial charge in [0.2, 0.25) is 0 Å². The number of nitrogens with zero attached hydrogens (tertiary/aromatic N) is 7. The Balaban J connectivity index is 1.39. The van der Waals surface area contributed by atoms with E-state index in [1.807, 2.05) is 38.1 Å². The molecule has 4 heterocycles. The number of carbonyl (C=O) groups excluding carboxylic acids is 2. The maximum absolute atomic E-state index is 13.3. The average molecular weight is 528 g/mol. The summed E-state index contributed by atoms with van der Waals surface area (Å²) in [5, 5.41) is 11.1. The van der Waals surface area contributed by atoms with E-state index < -0.39 is 24.8 Å². The predicted octanol–water partition coefficient (Wildman–Crippen LogP) is 3.55. The fourth-order valence-electron chi connectivity index (χ4n) is 4.32. The molecule has 1 atom stereocenters. The van der Waals surface area contributed by atoms with Crippen LogP contribution in [0, 0.1) is 5.92 Å². The number of fused-ring (bicyclic) bond motifs is 1. The SMILES string of the molecule is CC(C)[C@H]1CN(CCOC(=O)C(F)(F)F)C(=O)N1c1ccn2ncc(-c3ccc(-c4nc[nH]n4)cc3)c2n1. The molecular weight excluding hydrogens is 505 g/mol. The molecule has 0 saturated carbocycles. The molecule has 1 saturated heterocycles. The zero-order valence-corrected chi connectivity index (χ0v) is 20.4. The number of hydrogen-bond donors (Lipinski definition) is 1. The molecule has 5 rings (SSSR count). The second kappa shape index (κ2) is 9.76. The van der Waals surface area contributed by atoms with Crippen molar-refractivity contribution in [3.8, 4) is 22.5 Å². The molecule has 198 valence electrons. The lowest BCUT2D eigenvalue weighted by molar-refractivity contribution is -0.199. The molecule has 3 aromatic heterocycles. The highest BCUT2D eigenvalue weighted by atomic mass is 19.4. The van der Waals surface area contributed by atoms with Crippen LogP contribution in [-0.2, 0) is 9.53 Å². The van der Waals surface area contributed by atoms with Gasteiger partial charge in [-0.2, -0.15) is 23.4 Å². The summed E-state index contributed by atoms with van der Waals surface area (Å²) in [6, 6.07) is 8.51. The monoisotopic (exact) mass is 528 g/mol. The number of alkyl halides is 3. The summed E-state index contributed by atoms with van der Waals surface area (Å²) in [5.74, 6) is -1.31. The van der Waals surface area contributed by atoms with Crippen molar-refractivity contribution in [2.45, 2.75) is 26.1 Å². The molecule has 2 amide bonds. The van der Waals surface area contributed by atoms with Crippen LogP contribution in [0.4, 0.5) is 23.8 Å². The lowest BCUT2D eigenvalue weighted by atomic mass is 10.0. The van der Waals surface area contributed by atoms with E-state index in [4.69, 9.17) is 4.98 Å². The van der Waals surface area contributed by atoms with Crippen LogP contribution in [0.15, 0.2) is 49.1 Å². The number of halogens is 3. The number of hydrogen-bond acceptors (Lipinski definition) is 7. The number of amides is 2. The third-order valence-electron chi connectivity index (χ3n) is 6.28. The van der Waals surface area contributed by atoms with Crippen molar-refractivity contribution in [3.63, 3.8) is 0 Å². The molecule has 0 unspecified atom stereocenters. The Bertz CT molecular complexity index is 1450. The number of aromatic amines is 1. The van der Waals surface area contributed by atoms with Gasteiger partial charge in [-0.3, -0.25) is 10.00 Å². The standard InChI is InChI=1S/C24H23F3N8O3/c1-14(2)18-12-33(9-10-38-22(36)24(25,26)27)23(37)35(18)19-7-8-34-21(31-19)17(11-30-34)15-3-5-16(6-4-15)20-28-13-29-32-20/h3-8,11,13-14,18H,9-10,12H2,1-2H3,(H,28,29,32)/t18-/m1/s1. The molecule has 0 spiro atoms. The maximum atomic E-state index is 13.3. The van der Waals surface area contributed by atoms with Crippen LogP contribution in [0.2, 0.25) is 0 Å². The van der Waals surface area contributed by atoms with Gasteiger partial charge in [0.05, 0.1) is 18.8 Å². The molecule has 1 fully saturated rings. The Morgan fingerprint density at radius 2 is 1.92 bits per heavy atom. The largest absolute Gasteiger partial charge is 0.490 e. The van der Waals surface area contributed by atoms with Gasteiger partial charge >= 0.3 is 18.2 Å². The van der Waals surface area contributed by atoms with Gasteiger partial charge in [-0.1, -0.05) is 38.1 Å². The van der Waals surface area contributed by atoms with Gasteiger partial charge in [0.1, 0.15) is 18.8 Å². The summed E-state index contributed by atoms with van der Waals surface area (Å²) in [5.41, 5.74) is 2.96. The Kier molecular flexibility index (Phi) is 6.46. The van der Waals surface area contributed by atoms with Crippen molar-refractivity contribution in [1.82, 2.24) is 34.7 Å². The van der Waals surface area contributed by atoms with Crippen molar-refractivity contribution in [2.24, 2.45) is 5.92 Å². The summed E-state index contributed by atoms with van der Waals surface area (Å²) in [6.45, 7) is 3.40. The molecule has 1 aliphatic rings. The van der Waals surface area contributed by atoms with E-state index >= 15 is 0 Å². The number of benzene rings is 1. The van der Waals surface area contributed by atoms with E-state index in [1.54, 1.807) is 23.0 Å². The van der Waals surface area contributed by atoms with Gasteiger partial charge in [-0.25, -0.2) is 24.1 Å². The topological polar surface area (TPSA) is 122 Å². The zero-order chi connectivity index (χ0) is 27.0. The van der Waals surface area contributed by atoms with E-state index in [-0.39, 0.29) is 25.0 Å². The molecule has 1 aromatic carbocycles. The first-order valence-electron chi connectivity index (χ1n) is 11.8. The highest BCUT2D eigenvalue weighted by Crippen LogP contribution is 2.31. The Hall–Kier alpha value is -4.49. The van der Waals surface area contributed by atoms with Gasteiger partial charge in [0.25, 0.3) is 0 Å². The minimum Gasteiger partial charge on any atom is -0.457 e. The number of nitrogens with one attached hydrogen (secondary N) is 1. The molecule has 0 aliphatic carbocycles. The fourth-order valence-corrected chi connectivity index (χ4v) is 4.32. The second-order valence-electron chi connectivity index (χ2n) is 9.06. The summed E-state index contributed by atoms with van der Waals surface area (Å²) in [4.78, 5) is 36.1. The molecule has 1 N–H and O–H groups in total. The Morgan fingerprint density at radius 1 is 1.18 bits per heavy atom. The molecule has 0 bridgehead atoms. The van der Waals surface area contributed by atoms with Crippen molar-refractivity contribution >= 4 is 23.5 Å². The van der Waals surface area contributed by atoms with E-state index in [0.29, 0.717) is 17.3 Å². The van der Waals surface area contributed by atoms with Crippen LogP contribution < -0.4 is 4.90 Å². The van der Waals surface area contributed by atoms with Crippen LogP contribution in [-0.4, -0.2) is 78.6 Å². The molecular formula is C24H23F3N8O3. The van der Waals surface area contributed by atoms with Crippen molar-refractivity contribution in [3.05, 3.63) is 49.1 Å². The maximum Gasteiger partial charge on any atom is 0.490 e. The first kappa shape index (κ1) is 25.2. The second-order valence-corrected chi connectivity index (χ2v) is 9.06. The number of rotatable bonds is 7. The predicted molar refractivity (Wildman–Crippen MR) is 129 cm³/mol. The minimum absolute atomic E-state index is 0.0206. The Morgan fingerprint density at radius 3 is 2.58 bits per heavy atom. The van der Waals surface area contributed by atoms with Gasteiger partial charge in [0, 0.05) is 23.9 Å². The molecule has 38 heavy (non-hydrogen) atoms. The van der Waals surface area contributed by atoms with Crippen LogP contribution >= 0.6 is 0 Å². The molecule has 4 aromatic rings. The van der Waals surface area contributed by atoms with Crippen LogP contribution in [0.25, 0.3) is 28.2 Å². The highest BCUT2D eigenvalue weighted by Gasteiger charge is 2.43. The number of H-pyrrole nitrogens is 1. The Labute approximate surface area is 214 Å². The molecule has 11 nitrogen and oxygen atoms in total. The summed E-state index contributed by atoms with van der Waals surface area (Å²) < 4.78 is 43.2. The van der Waals surface area contributed by atoms with Crippen molar-refractivity contribution in [2.75, 3.05) is 24.6 Å². The van der Waals surface area contributed by atoms with E-state index in [2.05, 4.69) is 25.0 Å². The number of urea groups is 1. The number of anilines is 1. The number of aromatic nitrogens is 6. The van der Waals surface area contributed by atoms with Crippen molar-refractivity contribution in [1.29, 1.82) is 0 Å². The first-order valence-corrected chi connectivity index (χ1v) is 11.8. The van der Waals surface area contributed by atoms with Gasteiger partial charge < -0.3 is 9.64 Å². The zero-order valence-electron chi connectivity index (χ0n) is 20.4. The van der Waals surface area contributed by atoms with Crippen LogP contribution in [0.5, 0.6) is 0 Å². The lowest BCUT2D eigenvalue weighted by Crippen LogP contribution is -2.39. The van der Waals surface area contributed by atoms with Crippen LogP contribution in [0.3, 0.4) is 0 Å². The lowest BCUT2D eigenvalue weighted by Gasteiger charge is -2.25. The summed E-state index contributed by atoms with van der Waals surface area (Å²) >= 11 is 0. The number of esters is 1. The third kappa shape index (κ3) is 4.76. The highest BCUT2D eigenvalue weighted by molar-refractivity contribution is 5.94. The molecule has 14 heteroatoms. The van der Waals surface area contributed by atoms with Crippen LogP contribution in [0.1, 0.15) is 13.8 Å². The molecule has 1 aliphatic heterocycles. The van der Waals surface area contributed by atoms with Gasteiger partial charge in [-0.15, -0.1) is 0 Å². The first-order chi connectivity index (χ1) is 18.1. The minimum atomic E-state index is -5.08. The van der Waals surface area contributed by atoms with Crippen molar-refractivity contribution < 1.29 is 27.5 Å². The van der Waals surface area contributed by atoms with Gasteiger partial charge in [0.15, 0.2) is 11.5 Å². The van der Waals surface area contributed by atoms with E-state index in [1.165, 1.54) is 16.1 Å². The summed E-state index contributed by atoms with van der Waals surface area (Å²) in [6.07, 6.45) is -0.206. The van der Waals surface area contributed by atoms with E-state index in [9.17, 15) is 22.8 Å². The smallest absolute Gasteiger partial charge is 0.457 e. The van der Waals surface area contributed by atoms with E-state index in [0.717, 1.165) is 16.7 Å². The average Bonchev–Trinajstić information content (AvgIpc) is 3.63. The van der Waals surface area contributed by atoms with Gasteiger partial charge in [-0.05, 0) is 17.5 Å². The number of ether oxygens (including phenoxy) is 1. The summed E-state index contributed by atoms with van der Waals surface area (Å²) in [7, 11) is 0. The fraction of sp³-hybridized carbons (Fsp3) is 0.333. The normalized spacial score (nSPS) is 16.2. The molecule has 0 radical (unpaired) electrons. The third-order valence-corrected chi connectivity index (χ3v) is 6.28. The quantitative estimate of drug-likeness (QED) is 0.364.